The summed E-state index contributed by atoms with van der Waals surface area (Å²) in [6.07, 6.45) is 7.14. The first-order valence-corrected chi connectivity index (χ1v) is 14.3. The Balaban J connectivity index is 1.18. The fraction of sp³-hybridized carbons (Fsp3) is 0.219. The molecule has 1 amide bonds. The second kappa shape index (κ2) is 11.0. The number of carbonyl (C=O) groups is 1. The van der Waals surface area contributed by atoms with Crippen molar-refractivity contribution in [3.8, 4) is 16.8 Å². The highest BCUT2D eigenvalue weighted by atomic mass is 19.2. The maximum absolute atomic E-state index is 14.3. The van der Waals surface area contributed by atoms with E-state index in [9.17, 15) is 23.3 Å². The summed E-state index contributed by atoms with van der Waals surface area (Å²) in [5.74, 6) is -0.564. The molecule has 0 saturated heterocycles. The molecule has 5 aromatic rings. The highest BCUT2D eigenvalue weighted by Gasteiger charge is 2.29. The van der Waals surface area contributed by atoms with Crippen LogP contribution in [0.4, 0.5) is 8.87 Å². The van der Waals surface area contributed by atoms with E-state index < -0.39 is 23.1 Å². The van der Waals surface area contributed by atoms with Gasteiger partial charge >= 0.3 is 5.69 Å². The predicted octanol–water partition coefficient (Wildman–Crippen LogP) is 4.59. The van der Waals surface area contributed by atoms with Crippen LogP contribution in [0.1, 0.15) is 48.0 Å². The first kappa shape index (κ1) is 27.4. The van der Waals surface area contributed by atoms with E-state index in [0.29, 0.717) is 42.3 Å². The lowest BCUT2D eigenvalue weighted by Crippen LogP contribution is -2.45. The number of amides is 1. The van der Waals surface area contributed by atoms with Gasteiger partial charge < -0.3 is 9.88 Å². The first-order valence-electron chi connectivity index (χ1n) is 14.3. The fourth-order valence-corrected chi connectivity index (χ4v) is 6.06. The second-order valence-corrected chi connectivity index (χ2v) is 11.0. The number of benzene rings is 2. The van der Waals surface area contributed by atoms with Gasteiger partial charge in [0.2, 0.25) is 0 Å². The van der Waals surface area contributed by atoms with Gasteiger partial charge in [0.25, 0.3) is 11.5 Å². The smallest absolute Gasteiger partial charge is 0.337 e. The number of imidazole rings is 1. The van der Waals surface area contributed by atoms with Crippen molar-refractivity contribution >= 4 is 23.0 Å². The molecule has 0 atom stereocenters. The van der Waals surface area contributed by atoms with Gasteiger partial charge in [-0.1, -0.05) is 46.9 Å². The van der Waals surface area contributed by atoms with E-state index in [2.05, 4.69) is 15.3 Å². The normalized spacial score (nSPS) is 17.9. The number of hydrogen-bond acceptors (Lipinski definition) is 6. The zero-order valence-corrected chi connectivity index (χ0v) is 23.4. The van der Waals surface area contributed by atoms with Crippen LogP contribution < -0.4 is 16.6 Å². The number of hydrogen-bond donors (Lipinski definition) is 1. The first-order chi connectivity index (χ1) is 21.4. The summed E-state index contributed by atoms with van der Waals surface area (Å²) in [4.78, 5) is 49.1. The molecular weight excluding hydrogens is 568 g/mol. The summed E-state index contributed by atoms with van der Waals surface area (Å²) in [7, 11) is 0. The number of carbonyl (C=O) groups excluding carboxylic acids is 1. The van der Waals surface area contributed by atoms with Crippen molar-refractivity contribution in [2.75, 3.05) is 0 Å². The molecule has 222 valence electrons. The highest BCUT2D eigenvalue weighted by molar-refractivity contribution is 5.92. The topological polar surface area (TPSA) is 107 Å². The van der Waals surface area contributed by atoms with Crippen molar-refractivity contribution in [3.63, 3.8) is 0 Å². The van der Waals surface area contributed by atoms with Crippen molar-refractivity contribution in [1.29, 1.82) is 0 Å². The molecule has 0 unspecified atom stereocenters. The minimum Gasteiger partial charge on any atom is -0.348 e. The average molecular weight is 596 g/mol. The van der Waals surface area contributed by atoms with E-state index in [-0.39, 0.29) is 35.3 Å². The van der Waals surface area contributed by atoms with Crippen LogP contribution in [-0.4, -0.2) is 40.7 Å². The van der Waals surface area contributed by atoms with Gasteiger partial charge in [-0.2, -0.15) is 5.12 Å². The largest absolute Gasteiger partial charge is 0.348 e. The summed E-state index contributed by atoms with van der Waals surface area (Å²) in [5.41, 5.74) is 1.44. The summed E-state index contributed by atoms with van der Waals surface area (Å²) >= 11 is 0. The molecule has 44 heavy (non-hydrogen) atoms. The molecule has 1 saturated carbocycles. The lowest BCUT2D eigenvalue weighted by Gasteiger charge is -2.30. The van der Waals surface area contributed by atoms with Crippen molar-refractivity contribution < 1.29 is 13.7 Å². The van der Waals surface area contributed by atoms with E-state index in [1.54, 1.807) is 6.07 Å². The number of pyridine rings is 1. The SMILES string of the molecule is O=C(NC1CCC(n2c(=O)c3cc(F)cnc3n(-c3cccc(-c4ccccc4)c3)c2=O)CC1)c1cn2c(n1)C=CN(F)C2. The van der Waals surface area contributed by atoms with Crippen LogP contribution in [0.3, 0.4) is 0 Å². The molecule has 2 aromatic carbocycles. The van der Waals surface area contributed by atoms with Gasteiger partial charge in [0.1, 0.15) is 24.0 Å². The Morgan fingerprint density at radius 2 is 1.73 bits per heavy atom. The van der Waals surface area contributed by atoms with Gasteiger partial charge in [0.15, 0.2) is 5.65 Å². The van der Waals surface area contributed by atoms with Crippen molar-refractivity contribution in [1.82, 2.24) is 34.1 Å². The lowest BCUT2D eigenvalue weighted by atomic mass is 9.90. The average Bonchev–Trinajstić information content (AvgIpc) is 3.46. The van der Waals surface area contributed by atoms with Crippen molar-refractivity contribution in [3.05, 3.63) is 117 Å². The molecule has 7 rings (SSSR count). The van der Waals surface area contributed by atoms with Gasteiger partial charge in [0, 0.05) is 24.5 Å². The molecule has 3 aromatic heterocycles. The van der Waals surface area contributed by atoms with Crippen LogP contribution in [0, 0.1) is 5.82 Å². The molecule has 10 nitrogen and oxygen atoms in total. The van der Waals surface area contributed by atoms with Gasteiger partial charge in [-0.15, -0.1) is 0 Å². The number of rotatable bonds is 5. The van der Waals surface area contributed by atoms with E-state index >= 15 is 0 Å². The summed E-state index contributed by atoms with van der Waals surface area (Å²) in [5, 5.41) is 3.48. The Labute approximate surface area is 249 Å². The zero-order valence-electron chi connectivity index (χ0n) is 23.4. The van der Waals surface area contributed by atoms with Crippen LogP contribution in [0.15, 0.2) is 88.8 Å². The number of fused-ring (bicyclic) bond motifs is 2. The quantitative estimate of drug-likeness (QED) is 0.298. The molecule has 0 bridgehead atoms. The van der Waals surface area contributed by atoms with Crippen LogP contribution in [0.5, 0.6) is 0 Å². The Hall–Kier alpha value is -5.39. The molecule has 12 heteroatoms. The Bertz CT molecular complexity index is 2040. The molecule has 1 fully saturated rings. The van der Waals surface area contributed by atoms with E-state index in [1.807, 2.05) is 48.5 Å². The maximum Gasteiger partial charge on any atom is 0.337 e. The number of halogens is 2. The monoisotopic (exact) mass is 595 g/mol. The Kier molecular flexibility index (Phi) is 6.88. The predicted molar refractivity (Wildman–Crippen MR) is 160 cm³/mol. The van der Waals surface area contributed by atoms with Crippen LogP contribution in [0.25, 0.3) is 33.9 Å². The molecule has 1 aliphatic heterocycles. The highest BCUT2D eigenvalue weighted by Crippen LogP contribution is 2.28. The molecule has 1 aliphatic carbocycles. The number of nitrogens with zero attached hydrogens (tertiary/aromatic N) is 6. The summed E-state index contributed by atoms with van der Waals surface area (Å²) in [6, 6.07) is 17.5. The molecular formula is C32H27F2N7O3. The maximum atomic E-state index is 14.3. The van der Waals surface area contributed by atoms with Crippen LogP contribution >= 0.6 is 0 Å². The summed E-state index contributed by atoms with van der Waals surface area (Å²) in [6.45, 7) is -0.0504. The minimum absolute atomic E-state index is 0.00906. The van der Waals surface area contributed by atoms with E-state index in [4.69, 9.17) is 0 Å². The molecule has 4 heterocycles. The fourth-order valence-electron chi connectivity index (χ4n) is 6.06. The third kappa shape index (κ3) is 4.97. The lowest BCUT2D eigenvalue weighted by molar-refractivity contribution is 0.0492. The Morgan fingerprint density at radius 3 is 2.52 bits per heavy atom. The van der Waals surface area contributed by atoms with Gasteiger partial charge in [0.05, 0.1) is 17.3 Å². The van der Waals surface area contributed by atoms with Crippen molar-refractivity contribution in [2.45, 2.75) is 44.4 Å². The van der Waals surface area contributed by atoms with Crippen molar-refractivity contribution in [2.24, 2.45) is 0 Å². The third-order valence-corrected chi connectivity index (χ3v) is 8.21. The minimum atomic E-state index is -0.675. The van der Waals surface area contributed by atoms with Gasteiger partial charge in [-0.3, -0.25) is 14.2 Å². The van der Waals surface area contributed by atoms with E-state index in [1.165, 1.54) is 32.2 Å². The standard InChI is InChI=1S/C32H27F2N7O3/c33-22-16-26-29(35-17-22)40(25-8-4-7-21(15-25)20-5-2-1-3-6-20)32(44)41(31(26)43)24-11-9-23(10-12-24)36-30(42)27-18-38-19-39(34)14-13-28(38)37-27/h1-8,13-18,23-24H,9-12,19H2,(H,36,42). The molecule has 0 spiro atoms. The van der Waals surface area contributed by atoms with Crippen LogP contribution in [-0.2, 0) is 6.67 Å². The summed E-state index contributed by atoms with van der Waals surface area (Å²) < 4.78 is 32.0. The number of nitrogens with one attached hydrogen (secondary N) is 1. The van der Waals surface area contributed by atoms with Gasteiger partial charge in [-0.05, 0) is 61.1 Å². The van der Waals surface area contributed by atoms with Gasteiger partial charge in [-0.25, -0.2) is 23.7 Å². The van der Waals surface area contributed by atoms with Crippen LogP contribution in [0.2, 0.25) is 0 Å². The number of aromatic nitrogens is 5. The third-order valence-electron chi connectivity index (χ3n) is 8.21. The zero-order chi connectivity index (χ0) is 30.4. The molecule has 0 radical (unpaired) electrons. The molecule has 2 aliphatic rings. The Morgan fingerprint density at radius 1 is 0.955 bits per heavy atom. The second-order valence-electron chi connectivity index (χ2n) is 11.0. The van der Waals surface area contributed by atoms with E-state index in [0.717, 1.165) is 23.4 Å². The molecule has 1 N–H and O–H groups in total.